The second kappa shape index (κ2) is 3.43. The number of hydrogen-bond donors (Lipinski definition) is 0. The second-order valence-electron chi connectivity index (χ2n) is 3.10. The number of nitrogens with zero attached hydrogens (tertiary/aromatic N) is 4. The summed E-state index contributed by atoms with van der Waals surface area (Å²) in [5.41, 5.74) is 0.469. The lowest BCUT2D eigenvalue weighted by molar-refractivity contribution is 0.111. The van der Waals surface area contributed by atoms with Gasteiger partial charge in [0.1, 0.15) is 5.69 Å². The number of thiazole rings is 1. The average Bonchev–Trinajstić information content (AvgIpc) is 2.90. The lowest BCUT2D eigenvalue weighted by Gasteiger charge is -1.95. The Bertz CT molecular complexity index is 668. The third kappa shape index (κ3) is 1.27. The lowest BCUT2D eigenvalue weighted by Crippen LogP contribution is -1.99. The fourth-order valence-corrected chi connectivity index (χ4v) is 2.34. The molecule has 0 bridgehead atoms. The SMILES string of the molecule is O=Cc1c(-n2cc(Cl)cn2)nc2sccn12. The van der Waals surface area contributed by atoms with E-state index in [4.69, 9.17) is 11.6 Å². The Morgan fingerprint density at radius 1 is 1.50 bits per heavy atom. The lowest BCUT2D eigenvalue weighted by atomic mass is 10.4. The van der Waals surface area contributed by atoms with E-state index in [0.29, 0.717) is 16.5 Å². The maximum Gasteiger partial charge on any atom is 0.196 e. The molecule has 3 heterocycles. The van der Waals surface area contributed by atoms with Gasteiger partial charge in [-0.3, -0.25) is 9.20 Å². The minimum Gasteiger partial charge on any atom is -0.296 e. The maximum atomic E-state index is 11.1. The molecule has 0 fully saturated rings. The molecule has 0 radical (unpaired) electrons. The molecule has 0 saturated carbocycles. The van der Waals surface area contributed by atoms with Crippen LogP contribution in [0.3, 0.4) is 0 Å². The van der Waals surface area contributed by atoms with Crippen LogP contribution in [0.4, 0.5) is 0 Å². The number of aromatic nitrogens is 4. The third-order valence-electron chi connectivity index (χ3n) is 2.16. The first-order valence-electron chi connectivity index (χ1n) is 4.41. The zero-order chi connectivity index (χ0) is 11.1. The van der Waals surface area contributed by atoms with Crippen molar-refractivity contribution in [2.24, 2.45) is 0 Å². The van der Waals surface area contributed by atoms with Gasteiger partial charge in [0.2, 0.25) is 0 Å². The zero-order valence-corrected chi connectivity index (χ0v) is 9.44. The minimum atomic E-state index is 0.469. The predicted molar refractivity (Wildman–Crippen MR) is 60.6 cm³/mol. The van der Waals surface area contributed by atoms with E-state index in [1.54, 1.807) is 16.8 Å². The summed E-state index contributed by atoms with van der Waals surface area (Å²) in [7, 11) is 0. The van der Waals surface area contributed by atoms with E-state index in [0.717, 1.165) is 11.2 Å². The van der Waals surface area contributed by atoms with Crippen molar-refractivity contribution in [3.8, 4) is 5.82 Å². The highest BCUT2D eigenvalue weighted by Gasteiger charge is 2.14. The number of imidazole rings is 1. The molecule has 0 saturated heterocycles. The monoisotopic (exact) mass is 252 g/mol. The molecule has 0 aliphatic rings. The van der Waals surface area contributed by atoms with Gasteiger partial charge in [0.25, 0.3) is 0 Å². The number of aldehydes is 1. The minimum absolute atomic E-state index is 0.469. The fourth-order valence-electron chi connectivity index (χ4n) is 1.49. The van der Waals surface area contributed by atoms with Crippen molar-refractivity contribution in [2.45, 2.75) is 0 Å². The van der Waals surface area contributed by atoms with Crippen molar-refractivity contribution >= 4 is 34.2 Å². The number of rotatable bonds is 2. The molecule has 7 heteroatoms. The summed E-state index contributed by atoms with van der Waals surface area (Å²) in [5.74, 6) is 0.494. The van der Waals surface area contributed by atoms with Gasteiger partial charge < -0.3 is 0 Å². The maximum absolute atomic E-state index is 11.1. The Labute approximate surface area is 98.9 Å². The first-order chi connectivity index (χ1) is 7.79. The van der Waals surface area contributed by atoms with Crippen LogP contribution in [0.15, 0.2) is 24.0 Å². The number of carbonyl (C=O) groups is 1. The molecule has 0 atom stereocenters. The summed E-state index contributed by atoms with van der Waals surface area (Å²) >= 11 is 7.23. The van der Waals surface area contributed by atoms with Crippen LogP contribution in [0.2, 0.25) is 5.02 Å². The van der Waals surface area contributed by atoms with Crippen LogP contribution < -0.4 is 0 Å². The van der Waals surface area contributed by atoms with Gasteiger partial charge in [-0.2, -0.15) is 10.1 Å². The molecule has 0 spiro atoms. The van der Waals surface area contributed by atoms with Crippen LogP contribution >= 0.6 is 22.9 Å². The van der Waals surface area contributed by atoms with Crippen molar-refractivity contribution < 1.29 is 4.79 Å². The van der Waals surface area contributed by atoms with Gasteiger partial charge in [0, 0.05) is 11.6 Å². The van der Waals surface area contributed by atoms with Crippen LogP contribution in [0.5, 0.6) is 0 Å². The van der Waals surface area contributed by atoms with Crippen molar-refractivity contribution in [2.75, 3.05) is 0 Å². The Morgan fingerprint density at radius 2 is 2.38 bits per heavy atom. The van der Waals surface area contributed by atoms with Gasteiger partial charge in [-0.05, 0) is 0 Å². The van der Waals surface area contributed by atoms with E-state index in [2.05, 4.69) is 10.1 Å². The largest absolute Gasteiger partial charge is 0.296 e. The smallest absolute Gasteiger partial charge is 0.196 e. The number of halogens is 1. The Kier molecular flexibility index (Phi) is 2.05. The topological polar surface area (TPSA) is 52.2 Å². The summed E-state index contributed by atoms with van der Waals surface area (Å²) in [6, 6.07) is 0. The second-order valence-corrected chi connectivity index (χ2v) is 4.41. The van der Waals surface area contributed by atoms with Crippen LogP contribution in [0, 0.1) is 0 Å². The molecule has 3 aromatic rings. The van der Waals surface area contributed by atoms with E-state index in [1.165, 1.54) is 22.2 Å². The molecule has 3 aromatic heterocycles. The molecule has 0 amide bonds. The van der Waals surface area contributed by atoms with E-state index < -0.39 is 0 Å². The normalized spacial score (nSPS) is 11.1. The fraction of sp³-hybridized carbons (Fsp3) is 0. The van der Waals surface area contributed by atoms with Crippen molar-refractivity contribution in [1.29, 1.82) is 0 Å². The van der Waals surface area contributed by atoms with Gasteiger partial charge in [0.15, 0.2) is 17.1 Å². The van der Waals surface area contributed by atoms with Gasteiger partial charge in [0.05, 0.1) is 17.4 Å². The highest BCUT2D eigenvalue weighted by Crippen LogP contribution is 2.19. The quantitative estimate of drug-likeness (QED) is 0.656. The van der Waals surface area contributed by atoms with Crippen molar-refractivity contribution in [3.63, 3.8) is 0 Å². The number of fused-ring (bicyclic) bond motifs is 1. The van der Waals surface area contributed by atoms with Crippen LogP contribution in [-0.4, -0.2) is 25.5 Å². The van der Waals surface area contributed by atoms with Gasteiger partial charge in [-0.1, -0.05) is 11.6 Å². The number of carbonyl (C=O) groups excluding carboxylic acids is 1. The van der Waals surface area contributed by atoms with Crippen molar-refractivity contribution in [3.05, 3.63) is 34.7 Å². The Morgan fingerprint density at radius 3 is 3.06 bits per heavy atom. The first-order valence-corrected chi connectivity index (χ1v) is 5.66. The molecule has 80 valence electrons. The first kappa shape index (κ1) is 9.56. The number of hydrogen-bond acceptors (Lipinski definition) is 4. The van der Waals surface area contributed by atoms with E-state index in [-0.39, 0.29) is 0 Å². The van der Waals surface area contributed by atoms with Crippen LogP contribution in [-0.2, 0) is 0 Å². The molecule has 0 unspecified atom stereocenters. The molecule has 3 rings (SSSR count). The third-order valence-corrected chi connectivity index (χ3v) is 3.11. The van der Waals surface area contributed by atoms with Crippen LogP contribution in [0.25, 0.3) is 10.8 Å². The summed E-state index contributed by atoms with van der Waals surface area (Å²) in [4.78, 5) is 16.1. The summed E-state index contributed by atoms with van der Waals surface area (Å²) in [5, 5.41) is 6.40. The molecule has 0 aliphatic carbocycles. The molecular weight excluding hydrogens is 248 g/mol. The molecule has 5 nitrogen and oxygen atoms in total. The summed E-state index contributed by atoms with van der Waals surface area (Å²) < 4.78 is 3.22. The molecule has 0 aliphatic heterocycles. The van der Waals surface area contributed by atoms with Gasteiger partial charge >= 0.3 is 0 Å². The molecule has 16 heavy (non-hydrogen) atoms. The Hall–Kier alpha value is -1.66. The average molecular weight is 253 g/mol. The zero-order valence-electron chi connectivity index (χ0n) is 7.87. The van der Waals surface area contributed by atoms with E-state index in [1.807, 2.05) is 5.38 Å². The highest BCUT2D eigenvalue weighted by molar-refractivity contribution is 7.15. The summed E-state index contributed by atoms with van der Waals surface area (Å²) in [6.07, 6.45) is 5.67. The predicted octanol–water partition coefficient (Wildman–Crippen LogP) is 2.05. The van der Waals surface area contributed by atoms with Gasteiger partial charge in [-0.25, -0.2) is 4.68 Å². The Balaban J connectivity index is 2.30. The summed E-state index contributed by atoms with van der Waals surface area (Å²) in [6.45, 7) is 0. The molecule has 0 N–H and O–H groups in total. The standard InChI is InChI=1S/C9H5ClN4OS/c10-6-3-11-14(4-6)8-7(5-15)13-1-2-16-9(13)12-8/h1-5H. The van der Waals surface area contributed by atoms with E-state index >= 15 is 0 Å². The van der Waals surface area contributed by atoms with E-state index in [9.17, 15) is 4.79 Å². The van der Waals surface area contributed by atoms with Crippen LogP contribution in [0.1, 0.15) is 10.5 Å². The van der Waals surface area contributed by atoms with Crippen molar-refractivity contribution in [1.82, 2.24) is 19.2 Å². The molecule has 0 aromatic carbocycles. The van der Waals surface area contributed by atoms with Gasteiger partial charge in [-0.15, -0.1) is 11.3 Å². The highest BCUT2D eigenvalue weighted by atomic mass is 35.5. The molecular formula is C9H5ClN4OS.